The number of carbonyl (C=O) groups excluding carboxylic acids is 1. The molecule has 30 heavy (non-hydrogen) atoms. The molecule has 0 heterocycles. The van der Waals surface area contributed by atoms with Crippen molar-refractivity contribution in [2.24, 2.45) is 0 Å². The summed E-state index contributed by atoms with van der Waals surface area (Å²) in [5, 5.41) is 3.30. The summed E-state index contributed by atoms with van der Waals surface area (Å²) in [4.78, 5) is 13.7. The normalized spacial score (nSPS) is 11.2. The van der Waals surface area contributed by atoms with Crippen molar-refractivity contribution in [3.63, 3.8) is 0 Å². The van der Waals surface area contributed by atoms with Crippen LogP contribution in [0, 0.1) is 0 Å². The molecule has 0 saturated carbocycles. The molecular weight excluding hydrogens is 440 g/mol. The van der Waals surface area contributed by atoms with Crippen LogP contribution in [0.3, 0.4) is 0 Å². The molecule has 0 radical (unpaired) electrons. The summed E-state index contributed by atoms with van der Waals surface area (Å²) in [7, 11) is -3.71. The van der Waals surface area contributed by atoms with E-state index in [0.717, 1.165) is 4.90 Å². The number of hydrogen-bond acceptors (Lipinski definition) is 4. The van der Waals surface area contributed by atoms with Gasteiger partial charge in [-0.05, 0) is 79.9 Å². The molecule has 0 spiro atoms. The molecule has 0 aliphatic carbocycles. The van der Waals surface area contributed by atoms with Gasteiger partial charge in [0.2, 0.25) is 0 Å². The van der Waals surface area contributed by atoms with Gasteiger partial charge in [-0.15, -0.1) is 11.8 Å². The van der Waals surface area contributed by atoms with Crippen LogP contribution in [0.15, 0.2) is 82.6 Å². The lowest BCUT2D eigenvalue weighted by atomic mass is 10.2. The Morgan fingerprint density at radius 1 is 1.03 bits per heavy atom. The summed E-state index contributed by atoms with van der Waals surface area (Å²) >= 11 is 7.49. The highest BCUT2D eigenvalue weighted by Crippen LogP contribution is 2.26. The minimum Gasteiger partial charge on any atom is -0.322 e. The number of halogens is 1. The zero-order chi connectivity index (χ0) is 21.7. The first kappa shape index (κ1) is 22.2. The molecule has 0 atom stereocenters. The second kappa shape index (κ2) is 9.55. The maximum absolute atomic E-state index is 13.1. The number of benzene rings is 3. The van der Waals surface area contributed by atoms with Gasteiger partial charge in [0.05, 0.1) is 10.6 Å². The second-order valence-corrected chi connectivity index (χ2v) is 9.54. The highest BCUT2D eigenvalue weighted by molar-refractivity contribution is 7.98. The summed E-state index contributed by atoms with van der Waals surface area (Å²) in [6.45, 7) is 2.04. The molecule has 8 heteroatoms. The Bertz CT molecular complexity index is 1130. The highest BCUT2D eigenvalue weighted by Gasteiger charge is 2.23. The fourth-order valence-electron chi connectivity index (χ4n) is 2.91. The highest BCUT2D eigenvalue weighted by atomic mass is 35.5. The number of rotatable bonds is 7. The maximum Gasteiger partial charge on any atom is 0.264 e. The van der Waals surface area contributed by atoms with E-state index >= 15 is 0 Å². The Morgan fingerprint density at radius 2 is 1.70 bits per heavy atom. The summed E-state index contributed by atoms with van der Waals surface area (Å²) in [5.74, 6) is -0.303. The molecule has 0 fully saturated rings. The van der Waals surface area contributed by atoms with Gasteiger partial charge in [0, 0.05) is 27.7 Å². The van der Waals surface area contributed by atoms with E-state index in [1.165, 1.54) is 4.31 Å². The lowest BCUT2D eigenvalue weighted by Crippen LogP contribution is -2.30. The number of thioether (sulfide) groups is 1. The van der Waals surface area contributed by atoms with Crippen molar-refractivity contribution in [3.05, 3.63) is 83.4 Å². The van der Waals surface area contributed by atoms with E-state index in [2.05, 4.69) is 5.32 Å². The minimum atomic E-state index is -3.71. The largest absolute Gasteiger partial charge is 0.322 e. The van der Waals surface area contributed by atoms with E-state index in [-0.39, 0.29) is 17.3 Å². The van der Waals surface area contributed by atoms with Crippen LogP contribution < -0.4 is 9.62 Å². The Labute approximate surface area is 186 Å². The second-order valence-electron chi connectivity index (χ2n) is 6.36. The van der Waals surface area contributed by atoms with Gasteiger partial charge >= 0.3 is 0 Å². The lowest BCUT2D eigenvalue weighted by molar-refractivity contribution is 0.102. The summed E-state index contributed by atoms with van der Waals surface area (Å²) < 4.78 is 27.5. The van der Waals surface area contributed by atoms with Crippen molar-refractivity contribution in [2.45, 2.75) is 16.7 Å². The first-order valence-electron chi connectivity index (χ1n) is 9.19. The fourth-order valence-corrected chi connectivity index (χ4v) is 4.99. The van der Waals surface area contributed by atoms with Gasteiger partial charge in [0.1, 0.15) is 0 Å². The molecule has 0 aliphatic rings. The molecule has 0 bridgehead atoms. The molecule has 3 aromatic rings. The summed E-state index contributed by atoms with van der Waals surface area (Å²) in [6.07, 6.45) is 1.94. The van der Waals surface area contributed by atoms with Crippen LogP contribution >= 0.6 is 23.4 Å². The lowest BCUT2D eigenvalue weighted by Gasteiger charge is -2.23. The average molecular weight is 461 g/mol. The topological polar surface area (TPSA) is 66.5 Å². The molecule has 1 N–H and O–H groups in total. The van der Waals surface area contributed by atoms with Crippen molar-refractivity contribution >= 4 is 50.7 Å². The van der Waals surface area contributed by atoms with E-state index < -0.39 is 10.0 Å². The minimum absolute atomic E-state index is 0.227. The van der Waals surface area contributed by atoms with E-state index in [1.54, 1.807) is 91.5 Å². The number of sulfonamides is 1. The van der Waals surface area contributed by atoms with Crippen LogP contribution in [0.5, 0.6) is 0 Å². The molecular formula is C22H21ClN2O3S2. The van der Waals surface area contributed by atoms with Gasteiger partial charge in [-0.2, -0.15) is 0 Å². The first-order chi connectivity index (χ1) is 14.3. The van der Waals surface area contributed by atoms with Crippen molar-refractivity contribution in [3.8, 4) is 0 Å². The SMILES string of the molecule is CCN(c1ccc(C(=O)Nc2cccc(Cl)c2)cc1)S(=O)(=O)c1ccc(SC)cc1. The van der Waals surface area contributed by atoms with Crippen molar-refractivity contribution in [2.75, 3.05) is 22.4 Å². The summed E-state index contributed by atoms with van der Waals surface area (Å²) in [6, 6.07) is 20.1. The molecule has 156 valence electrons. The molecule has 3 rings (SSSR count). The third-order valence-electron chi connectivity index (χ3n) is 4.43. The molecule has 1 amide bonds. The maximum atomic E-state index is 13.1. The standard InChI is InChI=1S/C22H21ClN2O3S2/c1-3-25(30(27,28)21-13-11-20(29-2)12-14-21)19-9-7-16(8-10-19)22(26)24-18-6-4-5-17(23)15-18/h4-15H,3H2,1-2H3,(H,24,26). The van der Waals surface area contributed by atoms with Crippen LogP contribution in [0.4, 0.5) is 11.4 Å². The van der Waals surface area contributed by atoms with Gasteiger partial charge in [0.25, 0.3) is 15.9 Å². The predicted octanol–water partition coefficient (Wildman–Crippen LogP) is 5.53. The third-order valence-corrected chi connectivity index (χ3v) is 7.33. The van der Waals surface area contributed by atoms with Crippen molar-refractivity contribution in [1.29, 1.82) is 0 Å². The van der Waals surface area contributed by atoms with E-state index in [9.17, 15) is 13.2 Å². The smallest absolute Gasteiger partial charge is 0.264 e. The number of amides is 1. The number of hydrogen-bond donors (Lipinski definition) is 1. The van der Waals surface area contributed by atoms with Crippen LogP contribution in [-0.2, 0) is 10.0 Å². The number of nitrogens with one attached hydrogen (secondary N) is 1. The van der Waals surface area contributed by atoms with Gasteiger partial charge in [-0.3, -0.25) is 9.10 Å². The van der Waals surface area contributed by atoms with Gasteiger partial charge < -0.3 is 5.32 Å². The van der Waals surface area contributed by atoms with Gasteiger partial charge in [-0.25, -0.2) is 8.42 Å². The molecule has 3 aromatic carbocycles. The van der Waals surface area contributed by atoms with Crippen molar-refractivity contribution < 1.29 is 13.2 Å². The number of nitrogens with zero attached hydrogens (tertiary/aromatic N) is 1. The average Bonchev–Trinajstić information content (AvgIpc) is 2.74. The van der Waals surface area contributed by atoms with Crippen LogP contribution in [-0.4, -0.2) is 27.1 Å². The molecule has 0 unspecified atom stereocenters. The van der Waals surface area contributed by atoms with Crippen LogP contribution in [0.25, 0.3) is 0 Å². The molecule has 0 aliphatic heterocycles. The van der Waals surface area contributed by atoms with Crippen molar-refractivity contribution in [1.82, 2.24) is 0 Å². The molecule has 0 aromatic heterocycles. The van der Waals surface area contributed by atoms with E-state index in [0.29, 0.717) is 22.0 Å². The number of anilines is 2. The van der Waals surface area contributed by atoms with Crippen LogP contribution in [0.1, 0.15) is 17.3 Å². The Hall–Kier alpha value is -2.48. The molecule has 5 nitrogen and oxygen atoms in total. The Kier molecular flexibility index (Phi) is 7.07. The fraction of sp³-hybridized carbons (Fsp3) is 0.136. The van der Waals surface area contributed by atoms with E-state index in [1.807, 2.05) is 6.26 Å². The monoisotopic (exact) mass is 460 g/mol. The van der Waals surface area contributed by atoms with Gasteiger partial charge in [0.15, 0.2) is 0 Å². The van der Waals surface area contributed by atoms with E-state index in [4.69, 9.17) is 11.6 Å². The first-order valence-corrected chi connectivity index (χ1v) is 12.2. The zero-order valence-corrected chi connectivity index (χ0v) is 18.9. The zero-order valence-electron chi connectivity index (χ0n) is 16.5. The van der Waals surface area contributed by atoms with Crippen LogP contribution in [0.2, 0.25) is 5.02 Å². The molecule has 0 saturated heterocycles. The predicted molar refractivity (Wildman–Crippen MR) is 124 cm³/mol. The van der Waals surface area contributed by atoms with Gasteiger partial charge in [-0.1, -0.05) is 17.7 Å². The Balaban J connectivity index is 1.81. The number of carbonyl (C=O) groups is 1. The summed E-state index contributed by atoms with van der Waals surface area (Å²) in [5.41, 5.74) is 1.49. The quantitative estimate of drug-likeness (QED) is 0.471. The Morgan fingerprint density at radius 3 is 2.27 bits per heavy atom. The third kappa shape index (κ3) is 4.98.